The van der Waals surface area contributed by atoms with E-state index in [1.54, 1.807) is 6.07 Å². The third-order valence-corrected chi connectivity index (χ3v) is 7.88. The molecule has 174 valence electrons. The zero-order valence-electron chi connectivity index (χ0n) is 18.4. The number of rotatable bonds is 5. The summed E-state index contributed by atoms with van der Waals surface area (Å²) < 4.78 is 5.85. The van der Waals surface area contributed by atoms with Crippen molar-refractivity contribution in [2.24, 2.45) is 5.41 Å². The fourth-order valence-corrected chi connectivity index (χ4v) is 5.81. The number of aromatic nitrogens is 2. The van der Waals surface area contributed by atoms with Gasteiger partial charge in [-0.2, -0.15) is 0 Å². The second-order valence-corrected chi connectivity index (χ2v) is 10.3. The fraction of sp³-hybridized carbons (Fsp3) is 0.346. The van der Waals surface area contributed by atoms with E-state index in [2.05, 4.69) is 21.1 Å². The van der Waals surface area contributed by atoms with Crippen molar-refractivity contribution in [3.63, 3.8) is 0 Å². The molecule has 0 radical (unpaired) electrons. The van der Waals surface area contributed by atoms with Gasteiger partial charge in [-0.05, 0) is 67.4 Å². The van der Waals surface area contributed by atoms with Crippen LogP contribution in [0.4, 0.5) is 5.82 Å². The third-order valence-electron chi connectivity index (χ3n) is 7.25. The molecule has 2 fully saturated rings. The molecule has 1 aliphatic heterocycles. The predicted molar refractivity (Wildman–Crippen MR) is 132 cm³/mol. The number of carboxylic acid groups (broad SMARTS) is 1. The normalized spacial score (nSPS) is 19.1. The summed E-state index contributed by atoms with van der Waals surface area (Å²) in [7, 11) is 0. The summed E-state index contributed by atoms with van der Waals surface area (Å²) in [5, 5.41) is 14.8. The molecular weight excluding hydrogens is 473 g/mol. The first kappa shape index (κ1) is 21.7. The Balaban J connectivity index is 1.27. The zero-order valence-corrected chi connectivity index (χ0v) is 19.9. The number of carbonyl (C=O) groups is 1. The molecule has 1 spiro atoms. The van der Waals surface area contributed by atoms with Crippen LogP contribution in [-0.2, 0) is 0 Å². The molecule has 34 heavy (non-hydrogen) atoms. The number of halogens is 2. The van der Waals surface area contributed by atoms with Crippen LogP contribution in [0.25, 0.3) is 16.8 Å². The maximum Gasteiger partial charge on any atom is 0.354 e. The van der Waals surface area contributed by atoms with Gasteiger partial charge >= 0.3 is 5.97 Å². The summed E-state index contributed by atoms with van der Waals surface area (Å²) in [4.78, 5) is 17.8. The predicted octanol–water partition coefficient (Wildman–Crippen LogP) is 6.69. The molecule has 1 saturated carbocycles. The van der Waals surface area contributed by atoms with Gasteiger partial charge in [0, 0.05) is 30.1 Å². The maximum absolute atomic E-state index is 11.3. The lowest BCUT2D eigenvalue weighted by atomic mass is 9.63. The molecule has 6 rings (SSSR count). The summed E-state index contributed by atoms with van der Waals surface area (Å²) in [6.45, 7) is 1.67. The van der Waals surface area contributed by atoms with E-state index in [0.717, 1.165) is 73.6 Å². The number of allylic oxidation sites excluding steroid dienone is 2. The molecule has 0 atom stereocenters. The molecule has 2 aliphatic carbocycles. The van der Waals surface area contributed by atoms with Gasteiger partial charge in [-0.25, -0.2) is 9.78 Å². The molecule has 3 aromatic rings. The van der Waals surface area contributed by atoms with Crippen LogP contribution in [0.2, 0.25) is 10.0 Å². The van der Waals surface area contributed by atoms with Crippen LogP contribution in [0.1, 0.15) is 59.8 Å². The Labute approximate surface area is 207 Å². The van der Waals surface area contributed by atoms with Crippen molar-refractivity contribution in [2.45, 2.75) is 38.0 Å². The average molecular weight is 496 g/mol. The van der Waals surface area contributed by atoms with Crippen molar-refractivity contribution < 1.29 is 14.4 Å². The van der Waals surface area contributed by atoms with Crippen LogP contribution in [0, 0.1) is 5.41 Å². The second kappa shape index (κ2) is 8.14. The molecule has 1 N–H and O–H groups in total. The highest BCUT2D eigenvalue weighted by Gasteiger charge is 2.44. The lowest BCUT2D eigenvalue weighted by molar-refractivity contribution is 0.0690. The van der Waals surface area contributed by atoms with Crippen molar-refractivity contribution >= 4 is 40.6 Å². The molecule has 2 aromatic heterocycles. The van der Waals surface area contributed by atoms with Crippen LogP contribution in [-0.4, -0.2) is 34.3 Å². The fourth-order valence-electron chi connectivity index (χ4n) is 5.23. The topological polar surface area (TPSA) is 79.5 Å². The van der Waals surface area contributed by atoms with E-state index in [9.17, 15) is 9.90 Å². The number of hydrogen-bond acceptors (Lipinski definition) is 5. The minimum absolute atomic E-state index is 0.0782. The third kappa shape index (κ3) is 3.69. The number of hydrogen-bond donors (Lipinski definition) is 1. The van der Waals surface area contributed by atoms with E-state index in [1.165, 1.54) is 11.6 Å². The lowest BCUT2D eigenvalue weighted by Gasteiger charge is -2.46. The first-order valence-electron chi connectivity index (χ1n) is 11.6. The summed E-state index contributed by atoms with van der Waals surface area (Å²) in [6.07, 6.45) is 7.56. The highest BCUT2D eigenvalue weighted by Crippen LogP contribution is 2.56. The minimum Gasteiger partial charge on any atom is -0.477 e. The second-order valence-electron chi connectivity index (χ2n) is 9.52. The van der Waals surface area contributed by atoms with Crippen LogP contribution in [0.3, 0.4) is 0 Å². The molecule has 1 aromatic carbocycles. The highest BCUT2D eigenvalue weighted by atomic mass is 35.5. The molecule has 3 heterocycles. The zero-order chi connectivity index (χ0) is 23.4. The molecule has 3 aliphatic rings. The van der Waals surface area contributed by atoms with Crippen LogP contribution in [0.5, 0.6) is 0 Å². The average Bonchev–Trinajstić information content (AvgIpc) is 3.57. The van der Waals surface area contributed by atoms with Gasteiger partial charge in [0.2, 0.25) is 0 Å². The van der Waals surface area contributed by atoms with Crippen molar-refractivity contribution in [1.82, 2.24) is 10.1 Å². The molecule has 6 nitrogen and oxygen atoms in total. The van der Waals surface area contributed by atoms with E-state index in [1.807, 2.05) is 24.3 Å². The number of anilines is 1. The van der Waals surface area contributed by atoms with E-state index in [4.69, 9.17) is 27.7 Å². The van der Waals surface area contributed by atoms with E-state index in [0.29, 0.717) is 16.0 Å². The van der Waals surface area contributed by atoms with Crippen LogP contribution in [0.15, 0.2) is 47.0 Å². The maximum atomic E-state index is 11.3. The molecule has 0 bridgehead atoms. The monoisotopic (exact) mass is 495 g/mol. The van der Waals surface area contributed by atoms with Crippen LogP contribution >= 0.6 is 23.2 Å². The SMILES string of the molecule is O=C(O)c1cccc(N2CCC3(C=C(c4c(-c5c(Cl)cccc5Cl)noc4C4CC4)C3)CC2)n1. The molecule has 1 saturated heterocycles. The first-order chi connectivity index (χ1) is 16.4. The van der Waals surface area contributed by atoms with Gasteiger partial charge in [0.1, 0.15) is 17.3 Å². The van der Waals surface area contributed by atoms with Crippen molar-refractivity contribution in [2.75, 3.05) is 18.0 Å². The van der Waals surface area contributed by atoms with Crippen molar-refractivity contribution in [3.8, 4) is 11.3 Å². The van der Waals surface area contributed by atoms with Gasteiger partial charge in [-0.1, -0.05) is 46.6 Å². The van der Waals surface area contributed by atoms with Gasteiger partial charge in [0.15, 0.2) is 5.69 Å². The van der Waals surface area contributed by atoms with Gasteiger partial charge in [0.05, 0.1) is 10.0 Å². The van der Waals surface area contributed by atoms with Crippen molar-refractivity contribution in [1.29, 1.82) is 0 Å². The lowest BCUT2D eigenvalue weighted by Crippen LogP contribution is -2.42. The van der Waals surface area contributed by atoms with E-state index >= 15 is 0 Å². The molecule has 0 unspecified atom stereocenters. The van der Waals surface area contributed by atoms with Crippen molar-refractivity contribution in [3.05, 3.63) is 69.5 Å². The Morgan fingerprint density at radius 3 is 2.38 bits per heavy atom. The Morgan fingerprint density at radius 2 is 1.74 bits per heavy atom. The number of benzene rings is 1. The Morgan fingerprint density at radius 1 is 1.06 bits per heavy atom. The number of piperidine rings is 1. The van der Waals surface area contributed by atoms with E-state index < -0.39 is 5.97 Å². The smallest absolute Gasteiger partial charge is 0.354 e. The molecular formula is C26H23Cl2N3O3. The quantitative estimate of drug-likeness (QED) is 0.424. The van der Waals surface area contributed by atoms with E-state index in [-0.39, 0.29) is 11.1 Å². The summed E-state index contributed by atoms with van der Waals surface area (Å²) in [5.74, 6) is 1.10. The summed E-state index contributed by atoms with van der Waals surface area (Å²) >= 11 is 13.0. The largest absolute Gasteiger partial charge is 0.477 e. The first-order valence-corrected chi connectivity index (χ1v) is 12.3. The summed E-state index contributed by atoms with van der Waals surface area (Å²) in [6, 6.07) is 10.7. The minimum atomic E-state index is -1.00. The Bertz CT molecular complexity index is 1300. The highest BCUT2D eigenvalue weighted by molar-refractivity contribution is 6.39. The van der Waals surface area contributed by atoms with Gasteiger partial charge < -0.3 is 14.5 Å². The Hall–Kier alpha value is -2.83. The molecule has 8 heteroatoms. The van der Waals surface area contributed by atoms with Gasteiger partial charge in [0.25, 0.3) is 0 Å². The molecule has 0 amide bonds. The van der Waals surface area contributed by atoms with Gasteiger partial charge in [-0.15, -0.1) is 0 Å². The number of nitrogens with zero attached hydrogens (tertiary/aromatic N) is 3. The standard InChI is InChI=1S/C26H23Cl2N3O3/c27-17-3-1-4-18(28)22(17)23-21(24(34-30-23)15-7-8-15)16-13-26(14-16)9-11-31(12-10-26)20-6-2-5-19(29-20)25(32)33/h1-6,13,15H,7-12,14H2,(H,32,33). The Kier molecular flexibility index (Phi) is 5.19. The number of pyridine rings is 1. The van der Waals surface area contributed by atoms with Gasteiger partial charge in [-0.3, -0.25) is 0 Å². The number of aromatic carboxylic acids is 1. The number of carboxylic acids is 1. The van der Waals surface area contributed by atoms with Crippen LogP contribution < -0.4 is 4.90 Å². The summed E-state index contributed by atoms with van der Waals surface area (Å²) in [5.41, 5.74) is 4.02.